The number of benzene rings is 1. The van der Waals surface area contributed by atoms with Crippen LogP contribution in [0.3, 0.4) is 0 Å². The predicted molar refractivity (Wildman–Crippen MR) is 84.4 cm³/mol. The molecule has 5 heteroatoms. The van der Waals surface area contributed by atoms with Gasteiger partial charge >= 0.3 is 0 Å². The van der Waals surface area contributed by atoms with Gasteiger partial charge in [-0.25, -0.2) is 4.98 Å². The molecule has 0 atom stereocenters. The molecule has 5 nitrogen and oxygen atoms in total. The third kappa shape index (κ3) is 3.13. The third-order valence-electron chi connectivity index (χ3n) is 3.15. The van der Waals surface area contributed by atoms with Crippen LogP contribution in [0.5, 0.6) is 0 Å². The number of nitrogens with one attached hydrogen (secondary N) is 2. The molecule has 21 heavy (non-hydrogen) atoms. The predicted octanol–water partition coefficient (Wildman–Crippen LogP) is 3.66. The summed E-state index contributed by atoms with van der Waals surface area (Å²) in [7, 11) is 0. The van der Waals surface area contributed by atoms with Crippen LogP contribution in [0.4, 0.5) is 11.8 Å². The second kappa shape index (κ2) is 6.26. The molecule has 0 radical (unpaired) electrons. The molecule has 2 aromatic heterocycles. The summed E-state index contributed by atoms with van der Waals surface area (Å²) in [6, 6.07) is 11.8. The molecule has 0 spiro atoms. The first-order valence-corrected chi connectivity index (χ1v) is 7.13. The van der Waals surface area contributed by atoms with Crippen molar-refractivity contribution in [2.75, 3.05) is 17.2 Å². The van der Waals surface area contributed by atoms with Crippen molar-refractivity contribution in [3.05, 3.63) is 48.4 Å². The zero-order chi connectivity index (χ0) is 14.5. The molecule has 0 bridgehead atoms. The van der Waals surface area contributed by atoms with Crippen LogP contribution in [0.1, 0.15) is 19.1 Å². The molecule has 1 aromatic carbocycles. The van der Waals surface area contributed by atoms with Crippen molar-refractivity contribution >= 4 is 22.7 Å². The second-order valence-electron chi connectivity index (χ2n) is 4.77. The first-order valence-electron chi connectivity index (χ1n) is 7.13. The van der Waals surface area contributed by atoms with Gasteiger partial charge in [-0.15, -0.1) is 0 Å². The van der Waals surface area contributed by atoms with Crippen molar-refractivity contribution in [3.63, 3.8) is 0 Å². The van der Waals surface area contributed by atoms with Gasteiger partial charge in [0.25, 0.3) is 0 Å². The van der Waals surface area contributed by atoms with Gasteiger partial charge in [-0.3, -0.25) is 0 Å². The molecule has 0 fully saturated rings. The molecule has 0 saturated carbocycles. The van der Waals surface area contributed by atoms with Crippen molar-refractivity contribution < 1.29 is 4.42 Å². The fraction of sp³-hybridized carbons (Fsp3) is 0.250. The van der Waals surface area contributed by atoms with E-state index in [2.05, 4.69) is 27.5 Å². The van der Waals surface area contributed by atoms with Crippen LogP contribution < -0.4 is 10.6 Å². The van der Waals surface area contributed by atoms with E-state index >= 15 is 0 Å². The summed E-state index contributed by atoms with van der Waals surface area (Å²) in [5.74, 6) is 2.34. The Bertz CT molecular complexity index is 709. The zero-order valence-electron chi connectivity index (χ0n) is 12.0. The van der Waals surface area contributed by atoms with Gasteiger partial charge in [0, 0.05) is 11.9 Å². The number of hydrogen-bond donors (Lipinski definition) is 2. The molecule has 0 aliphatic heterocycles. The highest BCUT2D eigenvalue weighted by Crippen LogP contribution is 2.22. The van der Waals surface area contributed by atoms with Gasteiger partial charge in [0.1, 0.15) is 11.6 Å². The van der Waals surface area contributed by atoms with E-state index < -0.39 is 0 Å². The number of para-hydroxylation sites is 1. The van der Waals surface area contributed by atoms with Crippen molar-refractivity contribution in [2.24, 2.45) is 0 Å². The monoisotopic (exact) mass is 282 g/mol. The van der Waals surface area contributed by atoms with Crippen LogP contribution in [0, 0.1) is 0 Å². The molecule has 0 amide bonds. The summed E-state index contributed by atoms with van der Waals surface area (Å²) < 4.78 is 5.34. The summed E-state index contributed by atoms with van der Waals surface area (Å²) in [6.45, 7) is 3.57. The minimum Gasteiger partial charge on any atom is -0.467 e. The first kappa shape index (κ1) is 13.4. The maximum Gasteiger partial charge on any atom is 0.225 e. The minimum atomic E-state index is 0.598. The highest BCUT2D eigenvalue weighted by Gasteiger charge is 2.07. The van der Waals surface area contributed by atoms with Crippen molar-refractivity contribution in [3.8, 4) is 0 Å². The van der Waals surface area contributed by atoms with E-state index in [0.717, 1.165) is 35.4 Å². The first-order chi connectivity index (χ1) is 10.4. The maximum absolute atomic E-state index is 5.34. The number of fused-ring (bicyclic) bond motifs is 1. The van der Waals surface area contributed by atoms with Crippen LogP contribution in [0.25, 0.3) is 10.9 Å². The summed E-state index contributed by atoms with van der Waals surface area (Å²) in [4.78, 5) is 9.10. The normalized spacial score (nSPS) is 10.7. The fourth-order valence-corrected chi connectivity index (χ4v) is 2.11. The fourth-order valence-electron chi connectivity index (χ4n) is 2.11. The van der Waals surface area contributed by atoms with Gasteiger partial charge in [-0.1, -0.05) is 19.1 Å². The van der Waals surface area contributed by atoms with Gasteiger partial charge in [-0.05, 0) is 30.7 Å². The molecule has 108 valence electrons. The van der Waals surface area contributed by atoms with Crippen LogP contribution in [0.2, 0.25) is 0 Å². The number of nitrogens with zero attached hydrogens (tertiary/aromatic N) is 2. The molecule has 3 aromatic rings. The Balaban J connectivity index is 1.90. The Hall–Kier alpha value is -2.56. The van der Waals surface area contributed by atoms with Crippen molar-refractivity contribution in [1.29, 1.82) is 0 Å². The average Bonchev–Trinajstić information content (AvgIpc) is 3.04. The highest BCUT2D eigenvalue weighted by molar-refractivity contribution is 5.89. The van der Waals surface area contributed by atoms with E-state index in [4.69, 9.17) is 4.42 Å². The molecule has 0 unspecified atom stereocenters. The van der Waals surface area contributed by atoms with Crippen molar-refractivity contribution in [2.45, 2.75) is 19.9 Å². The molecular weight excluding hydrogens is 264 g/mol. The van der Waals surface area contributed by atoms with Gasteiger partial charge < -0.3 is 15.1 Å². The Morgan fingerprint density at radius 1 is 1.05 bits per heavy atom. The summed E-state index contributed by atoms with van der Waals surface area (Å²) in [5.41, 5.74) is 0.924. The zero-order valence-corrected chi connectivity index (χ0v) is 12.0. The minimum absolute atomic E-state index is 0.598. The summed E-state index contributed by atoms with van der Waals surface area (Å²) in [5, 5.41) is 7.56. The lowest BCUT2D eigenvalue weighted by molar-refractivity contribution is 0.518. The van der Waals surface area contributed by atoms with Crippen LogP contribution in [0.15, 0.2) is 47.1 Å². The van der Waals surface area contributed by atoms with E-state index in [1.807, 2.05) is 36.4 Å². The Morgan fingerprint density at radius 3 is 2.76 bits per heavy atom. The van der Waals surface area contributed by atoms with E-state index in [-0.39, 0.29) is 0 Å². The quantitative estimate of drug-likeness (QED) is 0.722. The molecular formula is C16H18N4O. The van der Waals surface area contributed by atoms with E-state index in [9.17, 15) is 0 Å². The molecule has 2 N–H and O–H groups in total. The lowest BCUT2D eigenvalue weighted by Crippen LogP contribution is -2.08. The van der Waals surface area contributed by atoms with Crippen LogP contribution >= 0.6 is 0 Å². The van der Waals surface area contributed by atoms with Gasteiger partial charge in [-0.2, -0.15) is 4.98 Å². The van der Waals surface area contributed by atoms with Gasteiger partial charge in [0.2, 0.25) is 5.95 Å². The van der Waals surface area contributed by atoms with Crippen LogP contribution in [-0.2, 0) is 6.54 Å². The number of aromatic nitrogens is 2. The third-order valence-corrected chi connectivity index (χ3v) is 3.15. The van der Waals surface area contributed by atoms with E-state index in [1.165, 1.54) is 0 Å². The Morgan fingerprint density at radius 2 is 1.95 bits per heavy atom. The largest absolute Gasteiger partial charge is 0.467 e. The maximum atomic E-state index is 5.34. The van der Waals surface area contributed by atoms with Gasteiger partial charge in [0.05, 0.1) is 18.3 Å². The second-order valence-corrected chi connectivity index (χ2v) is 4.77. The highest BCUT2D eigenvalue weighted by atomic mass is 16.3. The SMILES string of the molecule is CCCNc1nc(NCc2ccco2)c2ccccc2n1. The van der Waals surface area contributed by atoms with E-state index in [0.29, 0.717) is 12.5 Å². The molecule has 0 saturated heterocycles. The van der Waals surface area contributed by atoms with E-state index in [1.54, 1.807) is 6.26 Å². The Labute approximate surface area is 123 Å². The molecule has 0 aliphatic rings. The lowest BCUT2D eigenvalue weighted by Gasteiger charge is -2.10. The molecule has 3 rings (SSSR count). The van der Waals surface area contributed by atoms with Crippen molar-refractivity contribution in [1.82, 2.24) is 9.97 Å². The topological polar surface area (TPSA) is 63.0 Å². The van der Waals surface area contributed by atoms with Gasteiger partial charge in [0.15, 0.2) is 0 Å². The smallest absolute Gasteiger partial charge is 0.225 e. The van der Waals surface area contributed by atoms with Crippen LogP contribution in [-0.4, -0.2) is 16.5 Å². The summed E-state index contributed by atoms with van der Waals surface area (Å²) in [6.07, 6.45) is 2.70. The lowest BCUT2D eigenvalue weighted by atomic mass is 10.2. The number of furan rings is 1. The number of hydrogen-bond acceptors (Lipinski definition) is 5. The Kier molecular flexibility index (Phi) is 4.00. The average molecular weight is 282 g/mol. The summed E-state index contributed by atoms with van der Waals surface area (Å²) >= 11 is 0. The number of rotatable bonds is 6. The number of anilines is 2. The molecule has 0 aliphatic carbocycles. The standard InChI is InChI=1S/C16H18N4O/c1-2-9-17-16-19-14-8-4-3-7-13(14)15(20-16)18-11-12-6-5-10-21-12/h3-8,10H,2,9,11H2,1H3,(H2,17,18,19,20). The molecule has 2 heterocycles.